The van der Waals surface area contributed by atoms with Gasteiger partial charge >= 0.3 is 0 Å². The number of ether oxygens (including phenoxy) is 1. The summed E-state index contributed by atoms with van der Waals surface area (Å²) >= 11 is 6.15. The van der Waals surface area contributed by atoms with Crippen molar-refractivity contribution in [2.24, 2.45) is 0 Å². The maximum Gasteiger partial charge on any atom is 0.236 e. The molecule has 0 saturated carbocycles. The van der Waals surface area contributed by atoms with E-state index >= 15 is 0 Å². The maximum atomic E-state index is 5.29. The summed E-state index contributed by atoms with van der Waals surface area (Å²) < 4.78 is 7.38. The van der Waals surface area contributed by atoms with Crippen molar-refractivity contribution in [2.75, 3.05) is 13.4 Å². The van der Waals surface area contributed by atoms with Crippen LogP contribution in [0.25, 0.3) is 28.3 Å². The Labute approximate surface area is 168 Å². The highest BCUT2D eigenvalue weighted by Crippen LogP contribution is 2.35. The van der Waals surface area contributed by atoms with E-state index in [1.165, 1.54) is 4.90 Å². The number of rotatable bonds is 4. The van der Waals surface area contributed by atoms with Crippen LogP contribution in [0.2, 0.25) is 0 Å². The van der Waals surface area contributed by atoms with Crippen molar-refractivity contribution in [1.82, 2.24) is 14.4 Å². The fourth-order valence-electron chi connectivity index (χ4n) is 3.17. The topological polar surface area (TPSA) is 39.4 Å². The highest BCUT2D eigenvalue weighted by molar-refractivity contribution is 7.98. The molecular formula is C21H19N3OS2. The van der Waals surface area contributed by atoms with Crippen LogP contribution < -0.4 is 4.74 Å². The van der Waals surface area contributed by atoms with Crippen molar-refractivity contribution in [3.63, 3.8) is 0 Å². The van der Waals surface area contributed by atoms with Crippen molar-refractivity contribution >= 4 is 30.2 Å². The molecule has 0 aliphatic rings. The third-order valence-electron chi connectivity index (χ3n) is 4.49. The smallest absolute Gasteiger partial charge is 0.236 e. The van der Waals surface area contributed by atoms with Crippen LogP contribution in [-0.2, 0) is 0 Å². The Morgan fingerprint density at radius 1 is 0.963 bits per heavy atom. The van der Waals surface area contributed by atoms with Gasteiger partial charge in [-0.3, -0.25) is 4.40 Å². The zero-order valence-electron chi connectivity index (χ0n) is 15.3. The Hall–Kier alpha value is -2.44. The average Bonchev–Trinajstić information content (AvgIpc) is 3.07. The summed E-state index contributed by atoms with van der Waals surface area (Å²) in [6.07, 6.45) is 2.08. The standard InChI is InChI=1S/C21H19N3OS2/c1-13-12-18(26)22-21-23-19(14-4-8-16(25-2)9-5-14)20(24(13)21)15-6-10-17(27-3)11-7-15/h4-12H,1-3H3,(H,22,23,26). The summed E-state index contributed by atoms with van der Waals surface area (Å²) in [5.74, 6) is 1.47. The van der Waals surface area contributed by atoms with Crippen molar-refractivity contribution in [3.8, 4) is 28.3 Å². The van der Waals surface area contributed by atoms with Crippen LogP contribution in [0.15, 0.2) is 64.5 Å². The number of hydrogen-bond acceptors (Lipinski definition) is 5. The van der Waals surface area contributed by atoms with Gasteiger partial charge in [-0.25, -0.2) is 9.97 Å². The van der Waals surface area contributed by atoms with E-state index in [0.717, 1.165) is 34.0 Å². The molecule has 2 aromatic carbocycles. The lowest BCUT2D eigenvalue weighted by Gasteiger charge is -2.09. The predicted octanol–water partition coefficient (Wildman–Crippen LogP) is 5.39. The summed E-state index contributed by atoms with van der Waals surface area (Å²) in [4.78, 5) is 10.6. The Bertz CT molecular complexity index is 1100. The van der Waals surface area contributed by atoms with Gasteiger partial charge in [0.25, 0.3) is 0 Å². The van der Waals surface area contributed by atoms with Crippen LogP contribution in [0, 0.1) is 6.92 Å². The van der Waals surface area contributed by atoms with Crippen LogP contribution >= 0.6 is 24.4 Å². The molecule has 0 aliphatic carbocycles. The minimum Gasteiger partial charge on any atom is -0.497 e. The van der Waals surface area contributed by atoms with E-state index in [1.54, 1.807) is 18.9 Å². The van der Waals surface area contributed by atoms with Gasteiger partial charge in [-0.15, -0.1) is 24.4 Å². The minimum absolute atomic E-state index is 0.648. The molecule has 6 heteroatoms. The third-order valence-corrected chi connectivity index (χ3v) is 5.46. The molecule has 27 heavy (non-hydrogen) atoms. The molecule has 0 aliphatic heterocycles. The van der Waals surface area contributed by atoms with E-state index in [2.05, 4.69) is 52.5 Å². The molecule has 0 bridgehead atoms. The second-order valence-electron chi connectivity index (χ2n) is 6.16. The maximum absolute atomic E-state index is 5.29. The highest BCUT2D eigenvalue weighted by atomic mass is 32.2. The highest BCUT2D eigenvalue weighted by Gasteiger charge is 2.18. The monoisotopic (exact) mass is 393 g/mol. The number of thioether (sulfide) groups is 1. The molecule has 0 spiro atoms. The molecule has 0 amide bonds. The molecular weight excluding hydrogens is 374 g/mol. The van der Waals surface area contributed by atoms with E-state index in [9.17, 15) is 0 Å². The van der Waals surface area contributed by atoms with Gasteiger partial charge in [-0.1, -0.05) is 12.1 Å². The zero-order valence-corrected chi connectivity index (χ0v) is 17.0. The van der Waals surface area contributed by atoms with Gasteiger partial charge in [-0.05, 0) is 55.6 Å². The lowest BCUT2D eigenvalue weighted by molar-refractivity contribution is 0.415. The molecule has 0 atom stereocenters. The van der Waals surface area contributed by atoms with Gasteiger partial charge in [0.05, 0.1) is 23.5 Å². The van der Waals surface area contributed by atoms with Crippen molar-refractivity contribution in [3.05, 3.63) is 60.3 Å². The Morgan fingerprint density at radius 3 is 2.26 bits per heavy atom. The zero-order chi connectivity index (χ0) is 19.0. The molecule has 0 unspecified atom stereocenters. The average molecular weight is 394 g/mol. The first-order chi connectivity index (χ1) is 13.1. The summed E-state index contributed by atoms with van der Waals surface area (Å²) in [7, 11) is 1.67. The molecule has 4 aromatic rings. The molecule has 0 radical (unpaired) electrons. The van der Waals surface area contributed by atoms with Gasteiger partial charge < -0.3 is 4.74 Å². The third kappa shape index (κ3) is 3.31. The number of nitrogens with zero attached hydrogens (tertiary/aromatic N) is 3. The van der Waals surface area contributed by atoms with Crippen LogP contribution in [0.1, 0.15) is 5.69 Å². The number of methoxy groups -OCH3 is 1. The van der Waals surface area contributed by atoms with E-state index in [4.69, 9.17) is 9.72 Å². The van der Waals surface area contributed by atoms with E-state index < -0.39 is 0 Å². The van der Waals surface area contributed by atoms with Crippen molar-refractivity contribution in [1.29, 1.82) is 0 Å². The first-order valence-electron chi connectivity index (χ1n) is 8.48. The quantitative estimate of drug-likeness (QED) is 0.287. The van der Waals surface area contributed by atoms with Crippen LogP contribution in [0.4, 0.5) is 0 Å². The molecule has 4 rings (SSSR count). The first-order valence-corrected chi connectivity index (χ1v) is 10.2. The van der Waals surface area contributed by atoms with Crippen LogP contribution in [0.5, 0.6) is 5.75 Å². The van der Waals surface area contributed by atoms with Crippen molar-refractivity contribution < 1.29 is 4.74 Å². The van der Waals surface area contributed by atoms with Gasteiger partial charge in [0.15, 0.2) is 0 Å². The van der Waals surface area contributed by atoms with E-state index in [0.29, 0.717) is 10.8 Å². The molecule has 0 saturated heterocycles. The Balaban J connectivity index is 2.00. The summed E-state index contributed by atoms with van der Waals surface area (Å²) in [5, 5.41) is 0.663. The predicted molar refractivity (Wildman–Crippen MR) is 114 cm³/mol. The summed E-state index contributed by atoms with van der Waals surface area (Å²) in [6, 6.07) is 18.4. The normalized spacial score (nSPS) is 11.1. The van der Waals surface area contributed by atoms with Crippen molar-refractivity contribution in [2.45, 2.75) is 16.8 Å². The number of hydrogen-bond donors (Lipinski definition) is 1. The van der Waals surface area contributed by atoms with E-state index in [-0.39, 0.29) is 0 Å². The lowest BCUT2D eigenvalue weighted by Crippen LogP contribution is -1.97. The van der Waals surface area contributed by atoms with Gasteiger partial charge in [0, 0.05) is 21.7 Å². The minimum atomic E-state index is 0.648. The van der Waals surface area contributed by atoms with Gasteiger partial charge in [-0.2, -0.15) is 0 Å². The second-order valence-corrected chi connectivity index (χ2v) is 7.50. The molecule has 136 valence electrons. The fourth-order valence-corrected chi connectivity index (χ4v) is 3.85. The van der Waals surface area contributed by atoms with E-state index in [1.807, 2.05) is 37.3 Å². The lowest BCUT2D eigenvalue weighted by atomic mass is 10.0. The number of benzene rings is 2. The number of aromatic nitrogens is 3. The SMILES string of the molecule is COc1ccc(-c2nc3nc(S)cc(C)n3c2-c2ccc(SC)cc2)cc1. The number of aryl methyl sites for hydroxylation is 1. The number of fused-ring (bicyclic) bond motifs is 1. The fraction of sp³-hybridized carbons (Fsp3) is 0.143. The molecule has 2 heterocycles. The Morgan fingerprint density at radius 2 is 1.63 bits per heavy atom. The number of thiol groups is 1. The Kier molecular flexibility index (Phi) is 4.85. The molecule has 0 N–H and O–H groups in total. The van der Waals surface area contributed by atoms with Crippen LogP contribution in [0.3, 0.4) is 0 Å². The molecule has 2 aromatic heterocycles. The largest absolute Gasteiger partial charge is 0.497 e. The van der Waals surface area contributed by atoms with Gasteiger partial charge in [0.1, 0.15) is 5.75 Å². The molecule has 4 nitrogen and oxygen atoms in total. The number of imidazole rings is 1. The second kappa shape index (κ2) is 7.29. The summed E-state index contributed by atoms with van der Waals surface area (Å²) in [6.45, 7) is 2.05. The van der Waals surface area contributed by atoms with Crippen LogP contribution in [-0.4, -0.2) is 27.7 Å². The van der Waals surface area contributed by atoms with Gasteiger partial charge in [0.2, 0.25) is 5.78 Å². The summed E-state index contributed by atoms with van der Waals surface area (Å²) in [5.41, 5.74) is 5.08. The molecule has 0 fully saturated rings. The first kappa shape index (κ1) is 17.9.